The van der Waals surface area contributed by atoms with Crippen molar-refractivity contribution in [2.75, 3.05) is 26.0 Å². The summed E-state index contributed by atoms with van der Waals surface area (Å²) in [4.78, 5) is 11.9. The first-order valence-electron chi connectivity index (χ1n) is 5.88. The quantitative estimate of drug-likeness (QED) is 0.593. The third kappa shape index (κ3) is 3.92. The maximum atomic E-state index is 11.9. The van der Waals surface area contributed by atoms with Crippen LogP contribution < -0.4 is 15.8 Å². The van der Waals surface area contributed by atoms with Crippen LogP contribution in [0.1, 0.15) is 24.2 Å². The van der Waals surface area contributed by atoms with E-state index < -0.39 is 0 Å². The predicted molar refractivity (Wildman–Crippen MR) is 70.8 cm³/mol. The normalized spacial score (nSPS) is 10.4. The van der Waals surface area contributed by atoms with Gasteiger partial charge < -0.3 is 20.5 Å². The summed E-state index contributed by atoms with van der Waals surface area (Å²) in [6, 6.07) is 5.09. The number of nitrogens with one attached hydrogen (secondary N) is 1. The lowest BCUT2D eigenvalue weighted by atomic mass is 10.1. The summed E-state index contributed by atoms with van der Waals surface area (Å²) in [6.07, 6.45) is 0.156. The summed E-state index contributed by atoms with van der Waals surface area (Å²) >= 11 is 0. The van der Waals surface area contributed by atoms with Crippen molar-refractivity contribution in [1.82, 2.24) is 5.32 Å². The molecule has 18 heavy (non-hydrogen) atoms. The summed E-state index contributed by atoms with van der Waals surface area (Å²) in [6.45, 7) is 4.83. The second-order valence-electron chi connectivity index (χ2n) is 4.10. The number of benzene rings is 1. The molecule has 1 aromatic carbocycles. The van der Waals surface area contributed by atoms with Crippen molar-refractivity contribution in [1.29, 1.82) is 0 Å². The van der Waals surface area contributed by atoms with Crippen LogP contribution in [0.5, 0.6) is 5.75 Å². The number of hydrogen-bond donors (Lipinski definition) is 2. The molecule has 5 nitrogen and oxygen atoms in total. The van der Waals surface area contributed by atoms with Crippen LogP contribution in [-0.4, -0.2) is 32.3 Å². The van der Waals surface area contributed by atoms with Crippen LogP contribution in [0.4, 0.5) is 5.69 Å². The van der Waals surface area contributed by atoms with Crippen LogP contribution >= 0.6 is 0 Å². The fraction of sp³-hybridized carbons (Fsp3) is 0.462. The predicted octanol–water partition coefficient (Wildman–Crippen LogP) is 1.43. The van der Waals surface area contributed by atoms with E-state index in [0.717, 1.165) is 0 Å². The third-order valence-electron chi connectivity index (χ3n) is 2.33. The van der Waals surface area contributed by atoms with Crippen molar-refractivity contribution in [2.45, 2.75) is 20.0 Å². The van der Waals surface area contributed by atoms with E-state index in [1.165, 1.54) is 7.11 Å². The number of amides is 1. The Morgan fingerprint density at radius 3 is 2.78 bits per heavy atom. The number of ether oxygens (including phenoxy) is 2. The highest BCUT2D eigenvalue weighted by molar-refractivity contribution is 5.98. The number of nitrogen functional groups attached to an aromatic ring is 1. The number of para-hydroxylation sites is 1. The monoisotopic (exact) mass is 252 g/mol. The fourth-order valence-corrected chi connectivity index (χ4v) is 1.52. The molecule has 0 spiro atoms. The largest absolute Gasteiger partial charge is 0.494 e. The topological polar surface area (TPSA) is 73.6 Å². The molecule has 0 bridgehead atoms. The van der Waals surface area contributed by atoms with Crippen LogP contribution in [0, 0.1) is 0 Å². The van der Waals surface area contributed by atoms with Gasteiger partial charge in [0.25, 0.3) is 5.91 Å². The molecule has 100 valence electrons. The first-order chi connectivity index (χ1) is 8.56. The summed E-state index contributed by atoms with van der Waals surface area (Å²) in [5, 5.41) is 2.76. The van der Waals surface area contributed by atoms with Gasteiger partial charge >= 0.3 is 0 Å². The lowest BCUT2D eigenvalue weighted by molar-refractivity contribution is 0.0745. The number of carbonyl (C=O) groups is 1. The summed E-state index contributed by atoms with van der Waals surface area (Å²) < 4.78 is 10.5. The minimum Gasteiger partial charge on any atom is -0.494 e. The van der Waals surface area contributed by atoms with Gasteiger partial charge in [0.1, 0.15) is 0 Å². The van der Waals surface area contributed by atoms with Crippen LogP contribution in [0.25, 0.3) is 0 Å². The lowest BCUT2D eigenvalue weighted by Crippen LogP contribution is -2.28. The molecular formula is C13H20N2O3. The van der Waals surface area contributed by atoms with Gasteiger partial charge in [-0.1, -0.05) is 6.07 Å². The van der Waals surface area contributed by atoms with E-state index in [4.69, 9.17) is 15.2 Å². The Morgan fingerprint density at radius 1 is 1.44 bits per heavy atom. The zero-order valence-corrected chi connectivity index (χ0v) is 11.0. The van der Waals surface area contributed by atoms with Crippen molar-refractivity contribution in [3.63, 3.8) is 0 Å². The Morgan fingerprint density at radius 2 is 2.17 bits per heavy atom. The van der Waals surface area contributed by atoms with E-state index in [9.17, 15) is 4.79 Å². The number of nitrogens with two attached hydrogens (primary N) is 1. The average Bonchev–Trinajstić information content (AvgIpc) is 2.33. The van der Waals surface area contributed by atoms with Gasteiger partial charge in [0.05, 0.1) is 31.1 Å². The molecule has 0 aliphatic carbocycles. The molecule has 1 aromatic rings. The van der Waals surface area contributed by atoms with Crippen LogP contribution in [0.2, 0.25) is 0 Å². The standard InChI is InChI=1S/C13H20N2O3/c1-9(2)18-8-7-15-13(16)10-5-4-6-11(14)12(10)17-3/h4-6,9H,7-8,14H2,1-3H3,(H,15,16). The first kappa shape index (κ1) is 14.3. The number of hydrogen-bond acceptors (Lipinski definition) is 4. The van der Waals surface area contributed by atoms with Crippen molar-refractivity contribution < 1.29 is 14.3 Å². The highest BCUT2D eigenvalue weighted by Gasteiger charge is 2.13. The molecule has 0 fully saturated rings. The van der Waals surface area contributed by atoms with Gasteiger partial charge in [-0.2, -0.15) is 0 Å². The van der Waals surface area contributed by atoms with E-state index in [1.807, 2.05) is 13.8 Å². The van der Waals surface area contributed by atoms with Crippen molar-refractivity contribution >= 4 is 11.6 Å². The lowest BCUT2D eigenvalue weighted by Gasteiger charge is -2.12. The van der Waals surface area contributed by atoms with Gasteiger partial charge in [-0.15, -0.1) is 0 Å². The molecule has 0 aliphatic heterocycles. The summed E-state index contributed by atoms with van der Waals surface area (Å²) in [5.41, 5.74) is 6.61. The Balaban J connectivity index is 2.59. The maximum absolute atomic E-state index is 11.9. The zero-order chi connectivity index (χ0) is 13.5. The molecule has 0 radical (unpaired) electrons. The second kappa shape index (κ2) is 6.86. The number of rotatable bonds is 6. The van der Waals surface area contributed by atoms with E-state index >= 15 is 0 Å². The molecule has 3 N–H and O–H groups in total. The molecule has 0 saturated heterocycles. The molecule has 1 rings (SSSR count). The Kier molecular flexibility index (Phi) is 5.45. The molecule has 5 heteroatoms. The summed E-state index contributed by atoms with van der Waals surface area (Å²) in [7, 11) is 1.49. The van der Waals surface area contributed by atoms with E-state index in [0.29, 0.717) is 30.2 Å². The maximum Gasteiger partial charge on any atom is 0.255 e. The Hall–Kier alpha value is -1.75. The van der Waals surface area contributed by atoms with Gasteiger partial charge in [-0.3, -0.25) is 4.79 Å². The smallest absolute Gasteiger partial charge is 0.255 e. The number of carbonyl (C=O) groups excluding carboxylic acids is 1. The molecule has 1 amide bonds. The Bertz CT molecular complexity index is 405. The highest BCUT2D eigenvalue weighted by Crippen LogP contribution is 2.25. The SMILES string of the molecule is COc1c(N)cccc1C(=O)NCCOC(C)C. The van der Waals surface area contributed by atoms with Crippen molar-refractivity contribution in [3.05, 3.63) is 23.8 Å². The van der Waals surface area contributed by atoms with Crippen LogP contribution in [0.3, 0.4) is 0 Å². The average molecular weight is 252 g/mol. The van der Waals surface area contributed by atoms with E-state index in [1.54, 1.807) is 18.2 Å². The molecular weight excluding hydrogens is 232 g/mol. The molecule has 0 heterocycles. The van der Waals surface area contributed by atoms with Gasteiger partial charge in [-0.05, 0) is 26.0 Å². The fourth-order valence-electron chi connectivity index (χ4n) is 1.52. The molecule has 0 aliphatic rings. The summed E-state index contributed by atoms with van der Waals surface area (Å²) in [5.74, 6) is 0.186. The molecule has 0 atom stereocenters. The Labute approximate surface area is 107 Å². The van der Waals surface area contributed by atoms with E-state index in [2.05, 4.69) is 5.32 Å². The minimum absolute atomic E-state index is 0.156. The highest BCUT2D eigenvalue weighted by atomic mass is 16.5. The second-order valence-corrected chi connectivity index (χ2v) is 4.10. The third-order valence-corrected chi connectivity index (χ3v) is 2.33. The van der Waals surface area contributed by atoms with Crippen molar-refractivity contribution in [2.24, 2.45) is 0 Å². The van der Waals surface area contributed by atoms with E-state index in [-0.39, 0.29) is 12.0 Å². The van der Waals surface area contributed by atoms with Gasteiger partial charge in [0.15, 0.2) is 5.75 Å². The first-order valence-corrected chi connectivity index (χ1v) is 5.88. The van der Waals surface area contributed by atoms with Crippen molar-refractivity contribution in [3.8, 4) is 5.75 Å². The molecule has 0 aromatic heterocycles. The molecule has 0 saturated carbocycles. The number of methoxy groups -OCH3 is 1. The van der Waals surface area contributed by atoms with Gasteiger partial charge in [-0.25, -0.2) is 0 Å². The van der Waals surface area contributed by atoms with Gasteiger partial charge in [0.2, 0.25) is 0 Å². The molecule has 0 unspecified atom stereocenters. The van der Waals surface area contributed by atoms with Crippen LogP contribution in [0.15, 0.2) is 18.2 Å². The zero-order valence-electron chi connectivity index (χ0n) is 11.0. The minimum atomic E-state index is -0.216. The van der Waals surface area contributed by atoms with Gasteiger partial charge in [0, 0.05) is 6.54 Å². The van der Waals surface area contributed by atoms with Crippen LogP contribution in [-0.2, 0) is 4.74 Å². The number of anilines is 1.